The van der Waals surface area contributed by atoms with Gasteiger partial charge >= 0.3 is 12.1 Å². The largest absolute Gasteiger partial charge is 0.480 e. The SMILES string of the molecule is O=C(O)C1(NC2CC2)CCCC(OCC(F)(F)F)C1. The molecule has 2 rings (SSSR count). The second kappa shape index (κ2) is 5.28. The van der Waals surface area contributed by atoms with Crippen molar-refractivity contribution in [2.45, 2.75) is 62.4 Å². The van der Waals surface area contributed by atoms with Crippen LogP contribution in [0.1, 0.15) is 38.5 Å². The molecule has 0 amide bonds. The number of hydrogen-bond acceptors (Lipinski definition) is 3. The Morgan fingerprint density at radius 2 is 2.05 bits per heavy atom. The molecule has 0 spiro atoms. The summed E-state index contributed by atoms with van der Waals surface area (Å²) in [5, 5.41) is 12.4. The van der Waals surface area contributed by atoms with Crippen LogP contribution in [0.5, 0.6) is 0 Å². The molecular weight excluding hydrogens is 263 g/mol. The summed E-state index contributed by atoms with van der Waals surface area (Å²) < 4.78 is 41.2. The number of carboxylic acid groups (broad SMARTS) is 1. The van der Waals surface area contributed by atoms with Gasteiger partial charge in [0.25, 0.3) is 0 Å². The van der Waals surface area contributed by atoms with Crippen molar-refractivity contribution in [3.05, 3.63) is 0 Å². The highest BCUT2D eigenvalue weighted by molar-refractivity contribution is 5.79. The van der Waals surface area contributed by atoms with Crippen molar-refractivity contribution < 1.29 is 27.8 Å². The van der Waals surface area contributed by atoms with Crippen molar-refractivity contribution >= 4 is 5.97 Å². The Hall–Kier alpha value is -0.820. The van der Waals surface area contributed by atoms with Crippen LogP contribution in [0, 0.1) is 0 Å². The van der Waals surface area contributed by atoms with Gasteiger partial charge in [0.05, 0.1) is 6.10 Å². The maximum absolute atomic E-state index is 12.1. The summed E-state index contributed by atoms with van der Waals surface area (Å²) in [7, 11) is 0. The lowest BCUT2D eigenvalue weighted by atomic mass is 9.80. The Kier molecular flexibility index (Phi) is 4.06. The first-order valence-electron chi connectivity index (χ1n) is 6.50. The van der Waals surface area contributed by atoms with Crippen molar-refractivity contribution in [1.82, 2.24) is 5.32 Å². The van der Waals surface area contributed by atoms with Crippen LogP contribution in [0.4, 0.5) is 13.2 Å². The summed E-state index contributed by atoms with van der Waals surface area (Å²) in [5.41, 5.74) is -1.12. The molecule has 4 nitrogen and oxygen atoms in total. The highest BCUT2D eigenvalue weighted by Crippen LogP contribution is 2.34. The van der Waals surface area contributed by atoms with Crippen LogP contribution in [0.25, 0.3) is 0 Å². The molecule has 0 aliphatic heterocycles. The zero-order valence-corrected chi connectivity index (χ0v) is 10.5. The first kappa shape index (κ1) is 14.6. The smallest absolute Gasteiger partial charge is 0.411 e. The Morgan fingerprint density at radius 1 is 1.37 bits per heavy atom. The Labute approximate surface area is 109 Å². The third kappa shape index (κ3) is 4.07. The molecule has 0 heterocycles. The Balaban J connectivity index is 1.94. The van der Waals surface area contributed by atoms with Gasteiger partial charge in [-0.25, -0.2) is 0 Å². The zero-order chi connectivity index (χ0) is 14.1. The van der Waals surface area contributed by atoms with Gasteiger partial charge < -0.3 is 9.84 Å². The molecule has 19 heavy (non-hydrogen) atoms. The molecule has 0 bridgehead atoms. The van der Waals surface area contributed by atoms with Gasteiger partial charge in [-0.1, -0.05) is 0 Å². The van der Waals surface area contributed by atoms with Crippen molar-refractivity contribution in [3.63, 3.8) is 0 Å². The number of hydrogen-bond donors (Lipinski definition) is 2. The predicted octanol–water partition coefficient (Wildman–Crippen LogP) is 2.08. The second-order valence-corrected chi connectivity index (χ2v) is 5.45. The number of nitrogens with one attached hydrogen (secondary N) is 1. The molecule has 7 heteroatoms. The average Bonchev–Trinajstić information content (AvgIpc) is 3.09. The van der Waals surface area contributed by atoms with E-state index in [-0.39, 0.29) is 12.5 Å². The van der Waals surface area contributed by atoms with Crippen molar-refractivity contribution in [3.8, 4) is 0 Å². The van der Waals surface area contributed by atoms with Crippen LogP contribution in [-0.4, -0.2) is 41.5 Å². The molecular formula is C12H18F3NO3. The molecule has 2 aliphatic rings. The van der Waals surface area contributed by atoms with Crippen molar-refractivity contribution in [2.75, 3.05) is 6.61 Å². The summed E-state index contributed by atoms with van der Waals surface area (Å²) in [6.45, 7) is -1.31. The van der Waals surface area contributed by atoms with Crippen LogP contribution in [-0.2, 0) is 9.53 Å². The minimum Gasteiger partial charge on any atom is -0.480 e. The molecule has 2 fully saturated rings. The van der Waals surface area contributed by atoms with Gasteiger partial charge in [0.2, 0.25) is 0 Å². The molecule has 0 saturated heterocycles. The van der Waals surface area contributed by atoms with E-state index in [1.54, 1.807) is 0 Å². The van der Waals surface area contributed by atoms with Crippen LogP contribution in [0.2, 0.25) is 0 Å². The van der Waals surface area contributed by atoms with E-state index in [2.05, 4.69) is 5.32 Å². The van der Waals surface area contributed by atoms with Crippen molar-refractivity contribution in [2.24, 2.45) is 0 Å². The first-order chi connectivity index (χ1) is 8.81. The fourth-order valence-electron chi connectivity index (χ4n) is 2.58. The van der Waals surface area contributed by atoms with Crippen LogP contribution in [0.15, 0.2) is 0 Å². The Morgan fingerprint density at radius 3 is 2.58 bits per heavy atom. The number of aliphatic carboxylic acids is 1. The number of carbonyl (C=O) groups is 1. The number of carboxylic acids is 1. The average molecular weight is 281 g/mol. The van der Waals surface area contributed by atoms with E-state index < -0.39 is 30.4 Å². The summed E-state index contributed by atoms with van der Waals surface area (Å²) in [6.07, 6.45) is -1.54. The normalized spacial score (nSPS) is 32.3. The number of ether oxygens (including phenoxy) is 1. The molecule has 0 aromatic rings. The van der Waals surface area contributed by atoms with E-state index in [0.29, 0.717) is 19.3 Å². The summed E-state index contributed by atoms with van der Waals surface area (Å²) in [4.78, 5) is 11.4. The lowest BCUT2D eigenvalue weighted by molar-refractivity contribution is -0.191. The standard InChI is InChI=1S/C12H18F3NO3/c13-12(14,15)7-19-9-2-1-5-11(6-9,10(17)18)16-8-3-4-8/h8-9,16H,1-7H2,(H,17,18). The third-order valence-electron chi connectivity index (χ3n) is 3.66. The maximum atomic E-state index is 12.1. The molecule has 110 valence electrons. The first-order valence-corrected chi connectivity index (χ1v) is 6.50. The molecule has 0 aromatic heterocycles. The summed E-state index contributed by atoms with van der Waals surface area (Å²) >= 11 is 0. The fraction of sp³-hybridized carbons (Fsp3) is 0.917. The molecule has 2 N–H and O–H groups in total. The minimum atomic E-state index is -4.37. The zero-order valence-electron chi connectivity index (χ0n) is 10.5. The monoisotopic (exact) mass is 281 g/mol. The third-order valence-corrected chi connectivity index (χ3v) is 3.66. The number of halogens is 3. The van der Waals surface area contributed by atoms with E-state index >= 15 is 0 Å². The predicted molar refractivity (Wildman–Crippen MR) is 60.8 cm³/mol. The lowest BCUT2D eigenvalue weighted by Crippen LogP contribution is -2.57. The quantitative estimate of drug-likeness (QED) is 0.810. The Bertz CT molecular complexity index is 344. The highest BCUT2D eigenvalue weighted by atomic mass is 19.4. The molecule has 2 saturated carbocycles. The van der Waals surface area contributed by atoms with Gasteiger partial charge in [-0.05, 0) is 32.1 Å². The minimum absolute atomic E-state index is 0.106. The van der Waals surface area contributed by atoms with Gasteiger partial charge in [0.1, 0.15) is 12.1 Å². The number of rotatable bonds is 5. The molecule has 0 aromatic carbocycles. The van der Waals surface area contributed by atoms with Gasteiger partial charge in [-0.3, -0.25) is 10.1 Å². The van der Waals surface area contributed by atoms with Gasteiger partial charge in [-0.15, -0.1) is 0 Å². The van der Waals surface area contributed by atoms with Gasteiger partial charge in [0.15, 0.2) is 0 Å². The lowest BCUT2D eigenvalue weighted by Gasteiger charge is -2.38. The summed E-state index contributed by atoms with van der Waals surface area (Å²) in [6, 6.07) is 0.192. The molecule has 2 atom stereocenters. The molecule has 2 aliphatic carbocycles. The maximum Gasteiger partial charge on any atom is 0.411 e. The van der Waals surface area contributed by atoms with Crippen LogP contribution in [0.3, 0.4) is 0 Å². The van der Waals surface area contributed by atoms with Gasteiger partial charge in [-0.2, -0.15) is 13.2 Å². The number of alkyl halides is 3. The van der Waals surface area contributed by atoms with Crippen LogP contribution < -0.4 is 5.32 Å². The summed E-state index contributed by atoms with van der Waals surface area (Å²) in [5.74, 6) is -0.986. The van der Waals surface area contributed by atoms with Gasteiger partial charge in [0, 0.05) is 12.5 Å². The molecule has 2 unspecified atom stereocenters. The van der Waals surface area contributed by atoms with E-state index in [1.165, 1.54) is 0 Å². The van der Waals surface area contributed by atoms with Crippen LogP contribution >= 0.6 is 0 Å². The van der Waals surface area contributed by atoms with E-state index in [1.807, 2.05) is 0 Å². The van der Waals surface area contributed by atoms with E-state index in [9.17, 15) is 23.1 Å². The molecule has 0 radical (unpaired) electrons. The highest BCUT2D eigenvalue weighted by Gasteiger charge is 2.46. The second-order valence-electron chi connectivity index (χ2n) is 5.45. The van der Waals surface area contributed by atoms with E-state index in [4.69, 9.17) is 4.74 Å². The fourth-order valence-corrected chi connectivity index (χ4v) is 2.58. The van der Waals surface area contributed by atoms with Crippen molar-refractivity contribution in [1.29, 1.82) is 0 Å². The van der Waals surface area contributed by atoms with E-state index in [0.717, 1.165) is 12.8 Å². The topological polar surface area (TPSA) is 58.6 Å².